The standard InChI is InChI=1S/C22H14ClNO2S/c23-15-9-3-1-7-13(15)21-19-20(24-16-10-4-6-12-18(16)27-21)14-8-2-5-11-17(14)26-22(19)25/h1-12,21,24H/t21-/m0/s1. The zero-order valence-corrected chi connectivity index (χ0v) is 15.7. The van der Waals surface area contributed by atoms with Crippen LogP contribution in [0.15, 0.2) is 86.9 Å². The highest BCUT2D eigenvalue weighted by atomic mass is 35.5. The molecule has 0 bridgehead atoms. The minimum Gasteiger partial charge on any atom is -0.422 e. The Morgan fingerprint density at radius 2 is 1.67 bits per heavy atom. The van der Waals surface area contributed by atoms with E-state index in [2.05, 4.69) is 5.32 Å². The Hall–Kier alpha value is -2.69. The molecule has 1 N–H and O–H groups in total. The molecule has 1 aliphatic rings. The largest absolute Gasteiger partial charge is 0.422 e. The van der Waals surface area contributed by atoms with E-state index in [1.165, 1.54) is 0 Å². The van der Waals surface area contributed by atoms with Gasteiger partial charge in [0.05, 0.1) is 22.2 Å². The third-order valence-corrected chi connectivity index (χ3v) is 6.37. The Bertz CT molecular complexity index is 1230. The second kappa shape index (κ2) is 6.48. The van der Waals surface area contributed by atoms with Crippen LogP contribution in [0.2, 0.25) is 5.02 Å². The van der Waals surface area contributed by atoms with Gasteiger partial charge in [-0.1, -0.05) is 54.1 Å². The van der Waals surface area contributed by atoms with Crippen LogP contribution in [0.25, 0.3) is 11.0 Å². The molecule has 3 aromatic carbocycles. The quantitative estimate of drug-likeness (QED) is 0.382. The van der Waals surface area contributed by atoms with Crippen LogP contribution in [-0.4, -0.2) is 0 Å². The molecule has 0 unspecified atom stereocenters. The number of para-hydroxylation sites is 2. The Kier molecular flexibility index (Phi) is 3.96. The maximum atomic E-state index is 13.0. The van der Waals surface area contributed by atoms with Gasteiger partial charge in [-0.25, -0.2) is 4.79 Å². The third-order valence-electron chi connectivity index (χ3n) is 4.69. The molecule has 27 heavy (non-hydrogen) atoms. The van der Waals surface area contributed by atoms with E-state index in [1.54, 1.807) is 11.8 Å². The number of anilines is 2. The van der Waals surface area contributed by atoms with Crippen LogP contribution >= 0.6 is 23.4 Å². The molecule has 0 saturated carbocycles. The number of halogens is 1. The fourth-order valence-electron chi connectivity index (χ4n) is 3.44. The summed E-state index contributed by atoms with van der Waals surface area (Å²) in [7, 11) is 0. The van der Waals surface area contributed by atoms with Crippen molar-refractivity contribution in [2.24, 2.45) is 0 Å². The summed E-state index contributed by atoms with van der Waals surface area (Å²) in [4.78, 5) is 14.1. The molecule has 5 rings (SSSR count). The van der Waals surface area contributed by atoms with Gasteiger partial charge >= 0.3 is 5.63 Å². The van der Waals surface area contributed by atoms with Crippen LogP contribution < -0.4 is 10.9 Å². The topological polar surface area (TPSA) is 42.2 Å². The normalized spacial score (nSPS) is 15.5. The summed E-state index contributed by atoms with van der Waals surface area (Å²) < 4.78 is 5.65. The Balaban J connectivity index is 1.88. The van der Waals surface area contributed by atoms with Crippen LogP contribution in [0.5, 0.6) is 0 Å². The van der Waals surface area contributed by atoms with Crippen LogP contribution in [0.3, 0.4) is 0 Å². The summed E-state index contributed by atoms with van der Waals surface area (Å²) in [6.45, 7) is 0. The van der Waals surface area contributed by atoms with Crippen molar-refractivity contribution in [2.45, 2.75) is 10.1 Å². The molecule has 1 aromatic heterocycles. The van der Waals surface area contributed by atoms with Crippen LogP contribution in [0, 0.1) is 0 Å². The minimum atomic E-state index is -0.346. The number of hydrogen-bond donors (Lipinski definition) is 1. The van der Waals surface area contributed by atoms with Crippen LogP contribution in [0.4, 0.5) is 11.4 Å². The second-order valence-corrected chi connectivity index (χ2v) is 7.87. The lowest BCUT2D eigenvalue weighted by Crippen LogP contribution is -2.14. The van der Waals surface area contributed by atoms with Gasteiger partial charge in [-0.05, 0) is 35.9 Å². The Morgan fingerprint density at radius 3 is 2.56 bits per heavy atom. The molecular formula is C22H14ClNO2S. The van der Waals surface area contributed by atoms with Gasteiger partial charge in [0.15, 0.2) is 0 Å². The van der Waals surface area contributed by atoms with Crippen molar-refractivity contribution in [2.75, 3.05) is 5.32 Å². The SMILES string of the molecule is O=c1oc2ccccc2c2c1[C@H](c1ccccc1Cl)Sc1ccccc1N2. The predicted molar refractivity (Wildman–Crippen MR) is 111 cm³/mol. The first-order valence-corrected chi connectivity index (χ1v) is 9.81. The van der Waals surface area contributed by atoms with Gasteiger partial charge in [-0.3, -0.25) is 0 Å². The minimum absolute atomic E-state index is 0.272. The van der Waals surface area contributed by atoms with E-state index < -0.39 is 0 Å². The number of nitrogens with one attached hydrogen (secondary N) is 1. The first kappa shape index (κ1) is 16.5. The van der Waals surface area contributed by atoms with E-state index in [4.69, 9.17) is 16.0 Å². The summed E-state index contributed by atoms with van der Waals surface area (Å²) in [6.07, 6.45) is 0. The maximum Gasteiger partial charge on any atom is 0.343 e. The van der Waals surface area contributed by atoms with Crippen molar-refractivity contribution in [3.63, 3.8) is 0 Å². The molecule has 0 fully saturated rings. The van der Waals surface area contributed by atoms with Gasteiger partial charge in [0, 0.05) is 15.3 Å². The van der Waals surface area contributed by atoms with Crippen molar-refractivity contribution in [3.05, 3.63) is 99.4 Å². The number of fused-ring (bicyclic) bond motifs is 4. The number of benzene rings is 3. The highest BCUT2D eigenvalue weighted by Gasteiger charge is 2.30. The summed E-state index contributed by atoms with van der Waals surface area (Å²) >= 11 is 8.11. The van der Waals surface area contributed by atoms with Crippen molar-refractivity contribution in [3.8, 4) is 0 Å². The number of hydrogen-bond acceptors (Lipinski definition) is 4. The van der Waals surface area contributed by atoms with Crippen molar-refractivity contribution in [1.82, 2.24) is 0 Å². The lowest BCUT2D eigenvalue weighted by molar-refractivity contribution is 0.553. The summed E-state index contributed by atoms with van der Waals surface area (Å²) in [5, 5.41) is 4.72. The molecule has 132 valence electrons. The molecule has 1 aliphatic heterocycles. The van der Waals surface area contributed by atoms with E-state index in [1.807, 2.05) is 72.8 Å². The average molecular weight is 392 g/mol. The molecule has 4 aromatic rings. The summed E-state index contributed by atoms with van der Waals surface area (Å²) in [6, 6.07) is 23.3. The molecule has 0 spiro atoms. The molecular weight excluding hydrogens is 378 g/mol. The molecule has 0 saturated heterocycles. The summed E-state index contributed by atoms with van der Waals surface area (Å²) in [5.41, 5.74) is 3.45. The van der Waals surface area contributed by atoms with Crippen molar-refractivity contribution < 1.29 is 4.42 Å². The maximum absolute atomic E-state index is 13.0. The molecule has 2 heterocycles. The van der Waals surface area contributed by atoms with Gasteiger partial charge in [0.1, 0.15) is 5.58 Å². The van der Waals surface area contributed by atoms with Crippen molar-refractivity contribution in [1.29, 1.82) is 0 Å². The van der Waals surface area contributed by atoms with E-state index in [0.29, 0.717) is 16.2 Å². The van der Waals surface area contributed by atoms with Gasteiger partial charge in [0.25, 0.3) is 0 Å². The number of rotatable bonds is 1. The first-order chi connectivity index (χ1) is 13.2. The predicted octanol–water partition coefficient (Wildman–Crippen LogP) is 6.39. The third kappa shape index (κ3) is 2.73. The van der Waals surface area contributed by atoms with Gasteiger partial charge in [-0.2, -0.15) is 0 Å². The van der Waals surface area contributed by atoms with Crippen LogP contribution in [0.1, 0.15) is 16.4 Å². The molecule has 0 radical (unpaired) electrons. The second-order valence-electron chi connectivity index (χ2n) is 6.31. The molecule has 0 aliphatic carbocycles. The monoisotopic (exact) mass is 391 g/mol. The van der Waals surface area contributed by atoms with Crippen LogP contribution in [-0.2, 0) is 0 Å². The first-order valence-electron chi connectivity index (χ1n) is 8.55. The molecule has 0 amide bonds. The summed E-state index contributed by atoms with van der Waals surface area (Å²) in [5.74, 6) is 0. The molecule has 1 atom stereocenters. The van der Waals surface area contributed by atoms with Crippen molar-refractivity contribution >= 4 is 45.7 Å². The van der Waals surface area contributed by atoms with E-state index in [9.17, 15) is 4.79 Å². The molecule has 3 nitrogen and oxygen atoms in total. The lowest BCUT2D eigenvalue weighted by atomic mass is 10.0. The molecule has 5 heteroatoms. The van der Waals surface area contributed by atoms with E-state index in [0.717, 1.165) is 27.2 Å². The van der Waals surface area contributed by atoms with E-state index in [-0.39, 0.29) is 10.9 Å². The lowest BCUT2D eigenvalue weighted by Gasteiger charge is -2.18. The highest BCUT2D eigenvalue weighted by Crippen LogP contribution is 2.50. The fraction of sp³-hybridized carbons (Fsp3) is 0.0455. The Labute approximate surface area is 165 Å². The highest BCUT2D eigenvalue weighted by molar-refractivity contribution is 8.00. The zero-order valence-electron chi connectivity index (χ0n) is 14.1. The Morgan fingerprint density at radius 1 is 0.926 bits per heavy atom. The van der Waals surface area contributed by atoms with E-state index >= 15 is 0 Å². The van der Waals surface area contributed by atoms with Gasteiger partial charge in [0.2, 0.25) is 0 Å². The number of thioether (sulfide) groups is 1. The smallest absolute Gasteiger partial charge is 0.343 e. The van der Waals surface area contributed by atoms with Gasteiger partial charge in [-0.15, -0.1) is 11.8 Å². The fourth-order valence-corrected chi connectivity index (χ4v) is 5.07. The van der Waals surface area contributed by atoms with Gasteiger partial charge < -0.3 is 9.73 Å². The zero-order chi connectivity index (χ0) is 18.4. The average Bonchev–Trinajstić information content (AvgIpc) is 2.86.